The minimum absolute atomic E-state index is 0.0955. The summed E-state index contributed by atoms with van der Waals surface area (Å²) in [6, 6.07) is 20.5. The van der Waals surface area contributed by atoms with Gasteiger partial charge in [-0.25, -0.2) is 0 Å². The SMILES string of the molecule is CCC(=O)Nc1ccc(N2C(=S)NC(c3ccccn3)C2c2ccc(-c3ccc(C)c(Cl)c3)o2)cc1OC. The monoisotopic (exact) mass is 546 g/mol. The summed E-state index contributed by atoms with van der Waals surface area (Å²) in [5.41, 5.74) is 4.10. The Kier molecular flexibility index (Phi) is 7.35. The van der Waals surface area contributed by atoms with Gasteiger partial charge in [-0.1, -0.05) is 36.7 Å². The summed E-state index contributed by atoms with van der Waals surface area (Å²) < 4.78 is 12.0. The van der Waals surface area contributed by atoms with Gasteiger partial charge in [0.05, 0.1) is 24.5 Å². The lowest BCUT2D eigenvalue weighted by Crippen LogP contribution is -2.29. The van der Waals surface area contributed by atoms with Crippen LogP contribution in [-0.4, -0.2) is 23.1 Å². The number of halogens is 1. The third-order valence-corrected chi connectivity index (χ3v) is 7.25. The second-order valence-electron chi connectivity index (χ2n) is 8.95. The summed E-state index contributed by atoms with van der Waals surface area (Å²) in [7, 11) is 1.57. The van der Waals surface area contributed by atoms with Crippen molar-refractivity contribution in [3.05, 3.63) is 95.0 Å². The third kappa shape index (κ3) is 4.97. The second-order valence-corrected chi connectivity index (χ2v) is 9.74. The van der Waals surface area contributed by atoms with Gasteiger partial charge in [0.25, 0.3) is 0 Å². The van der Waals surface area contributed by atoms with E-state index in [1.165, 1.54) is 0 Å². The van der Waals surface area contributed by atoms with Crippen LogP contribution in [0, 0.1) is 6.92 Å². The van der Waals surface area contributed by atoms with Gasteiger partial charge in [0.2, 0.25) is 5.91 Å². The first kappa shape index (κ1) is 25.8. The molecule has 9 heteroatoms. The van der Waals surface area contributed by atoms with E-state index in [4.69, 9.17) is 33.0 Å². The van der Waals surface area contributed by atoms with E-state index < -0.39 is 0 Å². The number of nitrogens with zero attached hydrogens (tertiary/aromatic N) is 2. The van der Waals surface area contributed by atoms with E-state index >= 15 is 0 Å². The number of rotatable bonds is 7. The molecule has 2 atom stereocenters. The number of amides is 1. The molecular formula is C29H27ClN4O3S. The zero-order valence-corrected chi connectivity index (χ0v) is 22.8. The number of anilines is 2. The molecule has 1 aliphatic heterocycles. The molecule has 0 bridgehead atoms. The van der Waals surface area contributed by atoms with E-state index in [2.05, 4.69) is 15.6 Å². The molecule has 1 saturated heterocycles. The number of ether oxygens (including phenoxy) is 1. The summed E-state index contributed by atoms with van der Waals surface area (Å²) in [5.74, 6) is 1.85. The molecule has 2 aromatic heterocycles. The predicted octanol–water partition coefficient (Wildman–Crippen LogP) is 6.84. The molecule has 2 aromatic carbocycles. The maximum atomic E-state index is 12.0. The lowest BCUT2D eigenvalue weighted by molar-refractivity contribution is -0.115. The van der Waals surface area contributed by atoms with Crippen LogP contribution >= 0.6 is 23.8 Å². The van der Waals surface area contributed by atoms with E-state index in [1.807, 2.05) is 78.6 Å². The Bertz CT molecular complexity index is 1490. The average Bonchev–Trinajstić information content (AvgIpc) is 3.55. The molecule has 7 nitrogen and oxygen atoms in total. The van der Waals surface area contributed by atoms with Crippen LogP contribution in [0.25, 0.3) is 11.3 Å². The number of carbonyl (C=O) groups excluding carboxylic acids is 1. The van der Waals surface area contributed by atoms with E-state index in [9.17, 15) is 4.79 Å². The Labute approximate surface area is 231 Å². The Hall–Kier alpha value is -3.88. The minimum Gasteiger partial charge on any atom is -0.494 e. The fourth-order valence-corrected chi connectivity index (χ4v) is 5.03. The molecule has 2 N–H and O–H groups in total. The molecule has 5 rings (SSSR count). The van der Waals surface area contributed by atoms with Crippen molar-refractivity contribution < 1.29 is 13.9 Å². The number of benzene rings is 2. The number of methoxy groups -OCH3 is 1. The topological polar surface area (TPSA) is 79.6 Å². The molecule has 1 fully saturated rings. The van der Waals surface area contributed by atoms with E-state index in [-0.39, 0.29) is 18.0 Å². The molecule has 38 heavy (non-hydrogen) atoms. The van der Waals surface area contributed by atoms with E-state index in [0.29, 0.717) is 39.5 Å². The molecule has 0 saturated carbocycles. The van der Waals surface area contributed by atoms with Crippen molar-refractivity contribution in [2.45, 2.75) is 32.4 Å². The van der Waals surface area contributed by atoms with Crippen molar-refractivity contribution >= 4 is 46.2 Å². The fraction of sp³-hybridized carbons (Fsp3) is 0.207. The molecule has 0 radical (unpaired) electrons. The largest absolute Gasteiger partial charge is 0.494 e. The van der Waals surface area contributed by atoms with E-state index in [1.54, 1.807) is 20.2 Å². The zero-order chi connectivity index (χ0) is 26.8. The highest BCUT2D eigenvalue weighted by atomic mass is 35.5. The van der Waals surface area contributed by atoms with Crippen molar-refractivity contribution in [3.8, 4) is 17.1 Å². The number of aryl methyl sites for hydroxylation is 1. The van der Waals surface area contributed by atoms with Gasteiger partial charge in [-0.15, -0.1) is 0 Å². The van der Waals surface area contributed by atoms with Gasteiger partial charge in [-0.3, -0.25) is 9.78 Å². The molecule has 194 valence electrons. The van der Waals surface area contributed by atoms with Crippen LogP contribution in [0.3, 0.4) is 0 Å². The maximum Gasteiger partial charge on any atom is 0.224 e. The number of nitrogens with one attached hydrogen (secondary N) is 2. The Morgan fingerprint density at radius 1 is 1.18 bits per heavy atom. The number of aromatic nitrogens is 1. The Balaban J connectivity index is 1.58. The van der Waals surface area contributed by atoms with Crippen molar-refractivity contribution in [1.82, 2.24) is 10.3 Å². The van der Waals surface area contributed by atoms with Crippen LogP contribution < -0.4 is 20.3 Å². The zero-order valence-electron chi connectivity index (χ0n) is 21.2. The van der Waals surface area contributed by atoms with Gasteiger partial charge in [-0.05, 0) is 67.2 Å². The van der Waals surface area contributed by atoms with Crippen LogP contribution in [0.1, 0.15) is 42.4 Å². The molecule has 1 aliphatic rings. The number of pyridine rings is 1. The molecule has 2 unspecified atom stereocenters. The van der Waals surface area contributed by atoms with E-state index in [0.717, 1.165) is 22.5 Å². The summed E-state index contributed by atoms with van der Waals surface area (Å²) in [4.78, 5) is 18.6. The summed E-state index contributed by atoms with van der Waals surface area (Å²) in [6.07, 6.45) is 2.13. The van der Waals surface area contributed by atoms with Crippen molar-refractivity contribution in [1.29, 1.82) is 0 Å². The number of hydrogen-bond acceptors (Lipinski definition) is 5. The fourth-order valence-electron chi connectivity index (χ4n) is 4.51. The Morgan fingerprint density at radius 3 is 2.74 bits per heavy atom. The molecule has 0 spiro atoms. The normalized spacial score (nSPS) is 16.8. The highest BCUT2D eigenvalue weighted by Gasteiger charge is 2.42. The first-order chi connectivity index (χ1) is 18.4. The first-order valence-electron chi connectivity index (χ1n) is 12.2. The second kappa shape index (κ2) is 10.8. The highest BCUT2D eigenvalue weighted by Crippen LogP contribution is 2.44. The van der Waals surface area contributed by atoms with Gasteiger partial charge < -0.3 is 24.7 Å². The average molecular weight is 547 g/mol. The quantitative estimate of drug-likeness (QED) is 0.246. The predicted molar refractivity (Wildman–Crippen MR) is 154 cm³/mol. The van der Waals surface area contributed by atoms with Crippen LogP contribution in [0.4, 0.5) is 11.4 Å². The highest BCUT2D eigenvalue weighted by molar-refractivity contribution is 7.80. The Morgan fingerprint density at radius 2 is 2.03 bits per heavy atom. The molecular weight excluding hydrogens is 520 g/mol. The standard InChI is InChI=1S/C29H27ClN4O3S/c1-4-26(35)32-21-11-10-19(16-25(21)36-3)34-28(27(33-29(34)38)22-7-5-6-14-31-22)24-13-12-23(37-24)18-9-8-17(2)20(30)15-18/h5-16,27-28H,4H2,1-3H3,(H,32,35)(H,33,38). The molecule has 1 amide bonds. The lowest BCUT2D eigenvalue weighted by atomic mass is 10.0. The molecule has 4 aromatic rings. The van der Waals surface area contributed by atoms with Crippen LogP contribution in [-0.2, 0) is 4.79 Å². The molecule has 0 aliphatic carbocycles. The van der Waals surface area contributed by atoms with Gasteiger partial charge in [-0.2, -0.15) is 0 Å². The van der Waals surface area contributed by atoms with Crippen molar-refractivity contribution in [3.63, 3.8) is 0 Å². The lowest BCUT2D eigenvalue weighted by Gasteiger charge is -2.27. The summed E-state index contributed by atoms with van der Waals surface area (Å²) in [5, 5.41) is 7.51. The third-order valence-electron chi connectivity index (χ3n) is 6.53. The molecule has 3 heterocycles. The minimum atomic E-state index is -0.340. The van der Waals surface area contributed by atoms with Crippen LogP contribution in [0.5, 0.6) is 5.75 Å². The van der Waals surface area contributed by atoms with Crippen LogP contribution in [0.2, 0.25) is 5.02 Å². The van der Waals surface area contributed by atoms with Crippen molar-refractivity contribution in [2.24, 2.45) is 0 Å². The van der Waals surface area contributed by atoms with Gasteiger partial charge in [0, 0.05) is 35.0 Å². The van der Waals surface area contributed by atoms with Crippen LogP contribution in [0.15, 0.2) is 77.3 Å². The van der Waals surface area contributed by atoms with Gasteiger partial charge in [0.1, 0.15) is 23.3 Å². The first-order valence-corrected chi connectivity index (χ1v) is 13.0. The van der Waals surface area contributed by atoms with Gasteiger partial charge in [0.15, 0.2) is 5.11 Å². The number of furan rings is 1. The smallest absolute Gasteiger partial charge is 0.224 e. The van der Waals surface area contributed by atoms with Crippen molar-refractivity contribution in [2.75, 3.05) is 17.3 Å². The summed E-state index contributed by atoms with van der Waals surface area (Å²) >= 11 is 12.2. The van der Waals surface area contributed by atoms with Gasteiger partial charge >= 0.3 is 0 Å². The number of hydrogen-bond donors (Lipinski definition) is 2. The maximum absolute atomic E-state index is 12.0. The summed E-state index contributed by atoms with van der Waals surface area (Å²) in [6.45, 7) is 3.77. The number of thiocarbonyl (C=S) groups is 1. The number of carbonyl (C=O) groups is 1.